The van der Waals surface area contributed by atoms with E-state index in [1.807, 2.05) is 67.6 Å². The normalized spacial score (nSPS) is 14.1. The molecular weight excluding hydrogens is 358 g/mol. The maximum Gasteiger partial charge on any atom is 0.244 e. The third kappa shape index (κ3) is 4.34. The molecule has 6 heteroatoms. The van der Waals surface area contributed by atoms with Gasteiger partial charge in [-0.15, -0.1) is 11.8 Å². The van der Waals surface area contributed by atoms with E-state index in [9.17, 15) is 9.59 Å². The standard InChI is InChI=1S/C21H25N3O2S/c1-15(21(26)24-13-12-16-8-4-6-10-18(16)24)23(2)14-20(25)22-17-9-5-7-11-19(17)27-3/h4-11,15H,12-14H2,1-3H3,(H,22,25). The molecule has 27 heavy (non-hydrogen) atoms. The van der Waals surface area contributed by atoms with Crippen LogP contribution < -0.4 is 10.2 Å². The van der Waals surface area contributed by atoms with Gasteiger partial charge in [0.2, 0.25) is 11.8 Å². The number of carbonyl (C=O) groups excluding carboxylic acids is 2. The van der Waals surface area contributed by atoms with Crippen LogP contribution in [0.5, 0.6) is 0 Å². The molecule has 0 saturated carbocycles. The second-order valence-corrected chi connectivity index (χ2v) is 7.56. The van der Waals surface area contributed by atoms with Gasteiger partial charge in [0, 0.05) is 17.1 Å². The number of amides is 2. The van der Waals surface area contributed by atoms with Crippen LogP contribution in [0.1, 0.15) is 12.5 Å². The lowest BCUT2D eigenvalue weighted by atomic mass is 10.2. The van der Waals surface area contributed by atoms with Crippen LogP contribution in [0.15, 0.2) is 53.4 Å². The summed E-state index contributed by atoms with van der Waals surface area (Å²) in [5.41, 5.74) is 2.99. The molecule has 1 aliphatic rings. The molecule has 0 bridgehead atoms. The van der Waals surface area contributed by atoms with E-state index in [1.54, 1.807) is 16.7 Å². The van der Waals surface area contributed by atoms with Crippen LogP contribution >= 0.6 is 11.8 Å². The summed E-state index contributed by atoms with van der Waals surface area (Å²) < 4.78 is 0. The number of likely N-dealkylation sites (N-methyl/N-ethyl adjacent to an activating group) is 1. The molecule has 0 saturated heterocycles. The molecule has 0 aromatic heterocycles. The van der Waals surface area contributed by atoms with Crippen molar-refractivity contribution in [1.82, 2.24) is 4.90 Å². The second-order valence-electron chi connectivity index (χ2n) is 6.71. The Kier molecular flexibility index (Phi) is 6.19. The molecule has 2 aromatic carbocycles. The molecule has 0 fully saturated rings. The van der Waals surface area contributed by atoms with Crippen molar-refractivity contribution >= 4 is 35.0 Å². The van der Waals surface area contributed by atoms with Crippen molar-refractivity contribution in [2.45, 2.75) is 24.3 Å². The Labute approximate surface area is 164 Å². The van der Waals surface area contributed by atoms with Gasteiger partial charge in [-0.3, -0.25) is 14.5 Å². The summed E-state index contributed by atoms with van der Waals surface area (Å²) in [6, 6.07) is 15.3. The average Bonchev–Trinajstić information content (AvgIpc) is 3.11. The lowest BCUT2D eigenvalue weighted by molar-refractivity contribution is -0.124. The Bertz CT molecular complexity index is 840. The van der Waals surface area contributed by atoms with Crippen LogP contribution in [0.2, 0.25) is 0 Å². The predicted molar refractivity (Wildman–Crippen MR) is 111 cm³/mol. The maximum atomic E-state index is 12.9. The van der Waals surface area contributed by atoms with Crippen molar-refractivity contribution in [3.63, 3.8) is 0 Å². The molecule has 1 atom stereocenters. The Morgan fingerprint density at radius 3 is 2.67 bits per heavy atom. The SMILES string of the molecule is CSc1ccccc1NC(=O)CN(C)C(C)C(=O)N1CCc2ccccc21. The molecule has 1 heterocycles. The fourth-order valence-electron chi connectivity index (χ4n) is 3.28. The first kappa shape index (κ1) is 19.5. The third-order valence-electron chi connectivity index (χ3n) is 4.95. The predicted octanol–water partition coefficient (Wildman–Crippen LogP) is 3.26. The van der Waals surface area contributed by atoms with Gasteiger partial charge in [0.1, 0.15) is 0 Å². The lowest BCUT2D eigenvalue weighted by Crippen LogP contribution is -2.47. The van der Waals surface area contributed by atoms with E-state index in [4.69, 9.17) is 0 Å². The highest BCUT2D eigenvalue weighted by molar-refractivity contribution is 7.98. The molecule has 1 aliphatic heterocycles. The van der Waals surface area contributed by atoms with Crippen LogP contribution in [0.3, 0.4) is 0 Å². The number of fused-ring (bicyclic) bond motifs is 1. The van der Waals surface area contributed by atoms with Crippen molar-refractivity contribution in [2.24, 2.45) is 0 Å². The topological polar surface area (TPSA) is 52.7 Å². The number of nitrogens with zero attached hydrogens (tertiary/aromatic N) is 2. The van der Waals surface area contributed by atoms with Gasteiger partial charge < -0.3 is 10.2 Å². The number of carbonyl (C=O) groups is 2. The van der Waals surface area contributed by atoms with Crippen LogP contribution in [0, 0.1) is 0 Å². The lowest BCUT2D eigenvalue weighted by Gasteiger charge is -2.28. The smallest absolute Gasteiger partial charge is 0.244 e. The van der Waals surface area contributed by atoms with E-state index >= 15 is 0 Å². The highest BCUT2D eigenvalue weighted by Gasteiger charge is 2.30. The van der Waals surface area contributed by atoms with E-state index in [0.717, 1.165) is 22.7 Å². The van der Waals surface area contributed by atoms with Crippen molar-refractivity contribution in [1.29, 1.82) is 0 Å². The average molecular weight is 384 g/mol. The Balaban J connectivity index is 1.61. The number of anilines is 2. The van der Waals surface area contributed by atoms with Crippen molar-refractivity contribution in [3.05, 3.63) is 54.1 Å². The van der Waals surface area contributed by atoms with E-state index in [-0.39, 0.29) is 24.4 Å². The van der Waals surface area contributed by atoms with Gasteiger partial charge in [-0.25, -0.2) is 0 Å². The molecule has 142 valence electrons. The fraction of sp³-hybridized carbons (Fsp3) is 0.333. The highest BCUT2D eigenvalue weighted by atomic mass is 32.2. The van der Waals surface area contributed by atoms with Gasteiger partial charge in [0.25, 0.3) is 0 Å². The minimum atomic E-state index is -0.377. The first-order valence-electron chi connectivity index (χ1n) is 9.03. The largest absolute Gasteiger partial charge is 0.324 e. The molecule has 3 rings (SSSR count). The number of hydrogen-bond donors (Lipinski definition) is 1. The van der Waals surface area contributed by atoms with Gasteiger partial charge in [-0.05, 0) is 50.4 Å². The van der Waals surface area contributed by atoms with Gasteiger partial charge >= 0.3 is 0 Å². The minimum Gasteiger partial charge on any atom is -0.324 e. The van der Waals surface area contributed by atoms with Crippen LogP contribution in [0.4, 0.5) is 11.4 Å². The minimum absolute atomic E-state index is 0.0276. The van der Waals surface area contributed by atoms with Crippen LogP contribution in [-0.2, 0) is 16.0 Å². The molecule has 0 aliphatic carbocycles. The van der Waals surface area contributed by atoms with E-state index in [2.05, 4.69) is 11.4 Å². The van der Waals surface area contributed by atoms with E-state index < -0.39 is 0 Å². The summed E-state index contributed by atoms with van der Waals surface area (Å²) in [5, 5.41) is 2.94. The monoisotopic (exact) mass is 383 g/mol. The molecular formula is C21H25N3O2S. The second kappa shape index (κ2) is 8.59. The van der Waals surface area contributed by atoms with Gasteiger partial charge in [0.15, 0.2) is 0 Å². The zero-order chi connectivity index (χ0) is 19.4. The number of thioether (sulfide) groups is 1. The number of para-hydroxylation sites is 2. The summed E-state index contributed by atoms with van der Waals surface area (Å²) >= 11 is 1.59. The molecule has 0 spiro atoms. The first-order valence-corrected chi connectivity index (χ1v) is 10.3. The molecule has 2 amide bonds. The summed E-state index contributed by atoms with van der Waals surface area (Å²) in [4.78, 5) is 30.0. The zero-order valence-corrected chi connectivity index (χ0v) is 16.8. The van der Waals surface area contributed by atoms with Crippen LogP contribution in [-0.4, -0.2) is 49.1 Å². The Hall–Kier alpha value is -2.31. The Morgan fingerprint density at radius 1 is 1.19 bits per heavy atom. The quantitative estimate of drug-likeness (QED) is 0.778. The number of hydrogen-bond acceptors (Lipinski definition) is 4. The van der Waals surface area contributed by atoms with Gasteiger partial charge in [-0.1, -0.05) is 30.3 Å². The van der Waals surface area contributed by atoms with Crippen LogP contribution in [0.25, 0.3) is 0 Å². The molecule has 0 radical (unpaired) electrons. The zero-order valence-electron chi connectivity index (χ0n) is 15.9. The Morgan fingerprint density at radius 2 is 1.89 bits per heavy atom. The number of rotatable bonds is 6. The van der Waals surface area contributed by atoms with Gasteiger partial charge in [-0.2, -0.15) is 0 Å². The third-order valence-corrected chi connectivity index (χ3v) is 5.74. The molecule has 5 nitrogen and oxygen atoms in total. The summed E-state index contributed by atoms with van der Waals surface area (Å²) in [6.45, 7) is 2.71. The molecule has 2 aromatic rings. The highest BCUT2D eigenvalue weighted by Crippen LogP contribution is 2.28. The van der Waals surface area contributed by atoms with E-state index in [1.165, 1.54) is 5.56 Å². The van der Waals surface area contributed by atoms with Gasteiger partial charge in [0.05, 0.1) is 18.3 Å². The van der Waals surface area contributed by atoms with E-state index in [0.29, 0.717) is 6.54 Å². The summed E-state index contributed by atoms with van der Waals surface area (Å²) in [5.74, 6) is -0.0970. The molecule has 1 unspecified atom stereocenters. The summed E-state index contributed by atoms with van der Waals surface area (Å²) in [7, 11) is 1.81. The first-order chi connectivity index (χ1) is 13.0. The number of benzene rings is 2. The number of nitrogens with one attached hydrogen (secondary N) is 1. The fourth-order valence-corrected chi connectivity index (χ4v) is 3.84. The van der Waals surface area contributed by atoms with Crippen molar-refractivity contribution < 1.29 is 9.59 Å². The van der Waals surface area contributed by atoms with Crippen molar-refractivity contribution in [3.8, 4) is 0 Å². The molecule has 1 N–H and O–H groups in total. The maximum absolute atomic E-state index is 12.9. The summed E-state index contributed by atoms with van der Waals surface area (Å²) in [6.07, 6.45) is 2.86. The van der Waals surface area contributed by atoms with Crippen molar-refractivity contribution in [2.75, 3.05) is 36.6 Å².